The summed E-state index contributed by atoms with van der Waals surface area (Å²) in [5.41, 5.74) is 2.82. The van der Waals surface area contributed by atoms with Gasteiger partial charge in [-0.25, -0.2) is 0 Å². The normalized spacial score (nSPS) is 24.4. The van der Waals surface area contributed by atoms with E-state index in [4.69, 9.17) is 0 Å². The van der Waals surface area contributed by atoms with Crippen molar-refractivity contribution in [2.45, 2.75) is 78.7 Å². The number of nitrogens with one attached hydrogen (secondary N) is 1. The van der Waals surface area contributed by atoms with E-state index in [-0.39, 0.29) is 5.91 Å². The van der Waals surface area contributed by atoms with Gasteiger partial charge >= 0.3 is 0 Å². The van der Waals surface area contributed by atoms with Crippen molar-refractivity contribution < 1.29 is 9.90 Å². The molecule has 2 N–H and O–H groups in total. The molecular formula is C20H35N3O2. The van der Waals surface area contributed by atoms with Crippen LogP contribution in [0.1, 0.15) is 69.8 Å². The van der Waals surface area contributed by atoms with Gasteiger partial charge < -0.3 is 10.4 Å². The zero-order valence-corrected chi connectivity index (χ0v) is 16.8. The van der Waals surface area contributed by atoms with Crippen LogP contribution in [0.2, 0.25) is 0 Å². The van der Waals surface area contributed by atoms with Gasteiger partial charge in [-0.15, -0.1) is 0 Å². The van der Waals surface area contributed by atoms with Crippen molar-refractivity contribution in [3.63, 3.8) is 0 Å². The highest BCUT2D eigenvalue weighted by Gasteiger charge is 2.37. The molecule has 0 radical (unpaired) electrons. The number of hydrogen-bond donors (Lipinski definition) is 2. The molecule has 0 atom stereocenters. The van der Waals surface area contributed by atoms with Crippen molar-refractivity contribution in [1.82, 2.24) is 15.1 Å². The van der Waals surface area contributed by atoms with Gasteiger partial charge in [0.1, 0.15) is 0 Å². The number of aliphatic hydroxyl groups is 1. The summed E-state index contributed by atoms with van der Waals surface area (Å²) in [6.07, 6.45) is 4.75. The van der Waals surface area contributed by atoms with Crippen LogP contribution in [0.4, 0.5) is 0 Å². The number of rotatable bonds is 5. The highest BCUT2D eigenvalue weighted by atomic mass is 16.3. The minimum atomic E-state index is -0.739. The van der Waals surface area contributed by atoms with E-state index in [9.17, 15) is 9.90 Å². The van der Waals surface area contributed by atoms with Crippen molar-refractivity contribution in [2.24, 2.45) is 18.4 Å². The second-order valence-corrected chi connectivity index (χ2v) is 8.91. The third-order valence-electron chi connectivity index (χ3n) is 6.02. The molecule has 2 rings (SSSR count). The van der Waals surface area contributed by atoms with Crippen molar-refractivity contribution in [2.75, 3.05) is 6.54 Å². The zero-order valence-electron chi connectivity index (χ0n) is 16.8. The predicted molar refractivity (Wildman–Crippen MR) is 100 cm³/mol. The summed E-state index contributed by atoms with van der Waals surface area (Å²) in [6.45, 7) is 11.2. The van der Waals surface area contributed by atoms with E-state index in [0.717, 1.165) is 42.6 Å². The largest absolute Gasteiger partial charge is 0.388 e. The van der Waals surface area contributed by atoms with E-state index in [1.165, 1.54) is 0 Å². The van der Waals surface area contributed by atoms with Gasteiger partial charge in [0.15, 0.2) is 0 Å². The first kappa shape index (κ1) is 20.0. The molecule has 142 valence electrons. The van der Waals surface area contributed by atoms with Crippen LogP contribution in [-0.2, 0) is 18.3 Å². The molecule has 1 fully saturated rings. The summed E-state index contributed by atoms with van der Waals surface area (Å²) in [5, 5.41) is 18.1. The van der Waals surface area contributed by atoms with E-state index in [0.29, 0.717) is 30.7 Å². The Morgan fingerprint density at radius 2 is 1.92 bits per heavy atom. The van der Waals surface area contributed by atoms with Gasteiger partial charge in [0.05, 0.1) is 11.3 Å². The lowest BCUT2D eigenvalue weighted by atomic mass is 9.68. The second kappa shape index (κ2) is 7.48. The molecule has 1 saturated carbocycles. The Hall–Kier alpha value is -1.36. The van der Waals surface area contributed by atoms with Gasteiger partial charge in [-0.3, -0.25) is 9.48 Å². The van der Waals surface area contributed by atoms with Gasteiger partial charge in [-0.1, -0.05) is 20.8 Å². The Bertz CT molecular complexity index is 605. The van der Waals surface area contributed by atoms with Gasteiger partial charge in [-0.2, -0.15) is 5.10 Å². The van der Waals surface area contributed by atoms with Crippen LogP contribution in [0.25, 0.3) is 0 Å². The predicted octanol–water partition coefficient (Wildman–Crippen LogP) is 3.05. The third kappa shape index (κ3) is 5.06. The zero-order chi connectivity index (χ0) is 18.8. The van der Waals surface area contributed by atoms with Crippen LogP contribution in [0.15, 0.2) is 0 Å². The Kier molecular flexibility index (Phi) is 5.97. The van der Waals surface area contributed by atoms with Crippen LogP contribution in [-0.4, -0.2) is 32.9 Å². The van der Waals surface area contributed by atoms with Gasteiger partial charge in [0.2, 0.25) is 5.91 Å². The number of carbonyl (C=O) groups excluding carboxylic acids is 1. The molecule has 1 aliphatic rings. The lowest BCUT2D eigenvalue weighted by molar-refractivity contribution is -0.123. The van der Waals surface area contributed by atoms with Crippen molar-refractivity contribution in [3.8, 4) is 0 Å². The average molecular weight is 350 g/mol. The quantitative estimate of drug-likeness (QED) is 0.858. The summed E-state index contributed by atoms with van der Waals surface area (Å²) >= 11 is 0. The molecule has 1 aromatic heterocycles. The molecule has 0 bridgehead atoms. The van der Waals surface area contributed by atoms with Crippen LogP contribution >= 0.6 is 0 Å². The minimum Gasteiger partial charge on any atom is -0.388 e. The molecule has 0 saturated heterocycles. The Morgan fingerprint density at radius 3 is 2.40 bits per heavy atom. The molecule has 25 heavy (non-hydrogen) atoms. The smallest absolute Gasteiger partial charge is 0.220 e. The van der Waals surface area contributed by atoms with Crippen molar-refractivity contribution >= 4 is 5.91 Å². The maximum atomic E-state index is 12.2. The first-order valence-corrected chi connectivity index (χ1v) is 9.50. The second-order valence-electron chi connectivity index (χ2n) is 8.91. The lowest BCUT2D eigenvalue weighted by Crippen LogP contribution is -2.46. The fourth-order valence-corrected chi connectivity index (χ4v) is 3.97. The number of aryl methyl sites for hydroxylation is 2. The molecule has 1 heterocycles. The molecule has 5 nitrogen and oxygen atoms in total. The molecule has 0 unspecified atom stereocenters. The maximum absolute atomic E-state index is 12.2. The van der Waals surface area contributed by atoms with Crippen molar-refractivity contribution in [1.29, 1.82) is 0 Å². The molecular weight excluding hydrogens is 314 g/mol. The number of aromatic nitrogens is 2. The van der Waals surface area contributed by atoms with Crippen LogP contribution in [0, 0.1) is 25.2 Å². The van der Waals surface area contributed by atoms with Crippen LogP contribution in [0.3, 0.4) is 0 Å². The maximum Gasteiger partial charge on any atom is 0.220 e. The topological polar surface area (TPSA) is 67.2 Å². The van der Waals surface area contributed by atoms with E-state index < -0.39 is 5.60 Å². The lowest BCUT2D eigenvalue weighted by Gasteiger charge is -2.41. The van der Waals surface area contributed by atoms with E-state index >= 15 is 0 Å². The highest BCUT2D eigenvalue weighted by Crippen LogP contribution is 2.41. The fraction of sp³-hybridized carbons (Fsp3) is 0.800. The average Bonchev–Trinajstić information content (AvgIpc) is 2.76. The first-order chi connectivity index (χ1) is 11.5. The highest BCUT2D eigenvalue weighted by molar-refractivity contribution is 5.76. The Labute approximate surface area is 152 Å². The Morgan fingerprint density at radius 1 is 1.32 bits per heavy atom. The minimum absolute atomic E-state index is 0.00835. The van der Waals surface area contributed by atoms with E-state index in [1.807, 2.05) is 25.6 Å². The van der Waals surface area contributed by atoms with Crippen molar-refractivity contribution in [3.05, 3.63) is 17.0 Å². The number of hydrogen-bond acceptors (Lipinski definition) is 3. The van der Waals surface area contributed by atoms with Crippen LogP contribution < -0.4 is 5.32 Å². The molecule has 5 heteroatoms. The fourth-order valence-electron chi connectivity index (χ4n) is 3.97. The van der Waals surface area contributed by atoms with Gasteiger partial charge in [-0.05, 0) is 62.8 Å². The number of nitrogens with zero attached hydrogens (tertiary/aromatic N) is 2. The molecule has 1 aromatic rings. The summed E-state index contributed by atoms with van der Waals surface area (Å²) < 4.78 is 1.86. The van der Waals surface area contributed by atoms with Gasteiger partial charge in [0, 0.05) is 25.7 Å². The summed E-state index contributed by atoms with van der Waals surface area (Å²) in [6, 6.07) is 0. The SMILES string of the molecule is Cc1nn(C)c(C)c1CCC(=O)NCC1(O)CCC(C(C)(C)C)CC1. The molecule has 0 aliphatic heterocycles. The number of carbonyl (C=O) groups is 1. The van der Waals surface area contributed by atoms with Gasteiger partial charge in [0.25, 0.3) is 0 Å². The summed E-state index contributed by atoms with van der Waals surface area (Å²) in [5.74, 6) is 0.661. The monoisotopic (exact) mass is 349 g/mol. The molecule has 0 aromatic carbocycles. The standard InChI is InChI=1S/C20H35N3O2/c1-14-17(15(2)23(6)22-14)7-8-18(24)21-13-20(25)11-9-16(10-12-20)19(3,4)5/h16,25H,7-13H2,1-6H3,(H,21,24). The Balaban J connectivity index is 1.78. The van der Waals surface area contributed by atoms with E-state index in [1.54, 1.807) is 0 Å². The first-order valence-electron chi connectivity index (χ1n) is 9.50. The van der Waals surface area contributed by atoms with Crippen LogP contribution in [0.5, 0.6) is 0 Å². The summed E-state index contributed by atoms with van der Waals surface area (Å²) in [4.78, 5) is 12.2. The summed E-state index contributed by atoms with van der Waals surface area (Å²) in [7, 11) is 1.93. The molecule has 1 aliphatic carbocycles. The third-order valence-corrected chi connectivity index (χ3v) is 6.02. The number of amides is 1. The molecule has 0 spiro atoms. The molecule has 1 amide bonds. The van der Waals surface area contributed by atoms with E-state index in [2.05, 4.69) is 31.2 Å².